The highest BCUT2D eigenvalue weighted by molar-refractivity contribution is 6.09. The maximum Gasteiger partial charge on any atom is 0.418 e. The van der Waals surface area contributed by atoms with Crippen molar-refractivity contribution in [2.45, 2.75) is 13.1 Å². The molecule has 154 valence electrons. The highest BCUT2D eigenvalue weighted by Gasteiger charge is 2.33. The Labute approximate surface area is 170 Å². The van der Waals surface area contributed by atoms with Gasteiger partial charge in [0, 0.05) is 5.56 Å². The van der Waals surface area contributed by atoms with Crippen LogP contribution in [-0.4, -0.2) is 11.9 Å². The Bertz CT molecular complexity index is 1080. The molecule has 3 aromatic rings. The van der Waals surface area contributed by atoms with Gasteiger partial charge in [-0.15, -0.1) is 0 Å². The Morgan fingerprint density at radius 3 is 1.83 bits per heavy atom. The SMILES string of the molecule is Cc1ccccc1C(=O)Nc1ccccc1NC(=O)Nc1ccccc1C(F)(F)F. The van der Waals surface area contributed by atoms with E-state index in [0.29, 0.717) is 11.3 Å². The molecule has 0 aromatic heterocycles. The number of hydrogen-bond acceptors (Lipinski definition) is 2. The van der Waals surface area contributed by atoms with Gasteiger partial charge in [0.25, 0.3) is 5.91 Å². The molecule has 0 aliphatic rings. The third kappa shape index (κ3) is 4.96. The lowest BCUT2D eigenvalue weighted by molar-refractivity contribution is -0.136. The second-order valence-electron chi connectivity index (χ2n) is 6.44. The van der Waals surface area contributed by atoms with Crippen LogP contribution in [0, 0.1) is 6.92 Å². The molecule has 3 rings (SSSR count). The molecule has 8 heteroatoms. The van der Waals surface area contributed by atoms with Gasteiger partial charge < -0.3 is 16.0 Å². The van der Waals surface area contributed by atoms with Crippen LogP contribution in [0.25, 0.3) is 0 Å². The van der Waals surface area contributed by atoms with Crippen LogP contribution in [0.4, 0.5) is 35.0 Å². The van der Waals surface area contributed by atoms with Crippen molar-refractivity contribution in [3.8, 4) is 0 Å². The number of rotatable bonds is 4. The second kappa shape index (κ2) is 8.69. The number of para-hydroxylation sites is 3. The zero-order valence-corrected chi connectivity index (χ0v) is 15.9. The summed E-state index contributed by atoms with van der Waals surface area (Å²) in [6, 6.07) is 17.2. The van der Waals surface area contributed by atoms with E-state index in [4.69, 9.17) is 0 Å². The van der Waals surface area contributed by atoms with Gasteiger partial charge in [0.05, 0.1) is 22.6 Å². The largest absolute Gasteiger partial charge is 0.418 e. The van der Waals surface area contributed by atoms with Crippen LogP contribution in [-0.2, 0) is 6.18 Å². The fourth-order valence-corrected chi connectivity index (χ4v) is 2.83. The molecule has 3 amide bonds. The molecule has 30 heavy (non-hydrogen) atoms. The van der Waals surface area contributed by atoms with Crippen LogP contribution >= 0.6 is 0 Å². The Hall–Kier alpha value is -3.81. The Morgan fingerprint density at radius 2 is 1.20 bits per heavy atom. The van der Waals surface area contributed by atoms with Gasteiger partial charge in [-0.1, -0.05) is 42.5 Å². The number of hydrogen-bond donors (Lipinski definition) is 3. The summed E-state index contributed by atoms with van der Waals surface area (Å²) in [5.74, 6) is -0.370. The van der Waals surface area contributed by atoms with Crippen molar-refractivity contribution in [1.29, 1.82) is 0 Å². The first-order valence-electron chi connectivity index (χ1n) is 8.96. The van der Waals surface area contributed by atoms with Gasteiger partial charge >= 0.3 is 12.2 Å². The van der Waals surface area contributed by atoms with E-state index >= 15 is 0 Å². The highest BCUT2D eigenvalue weighted by Crippen LogP contribution is 2.34. The van der Waals surface area contributed by atoms with E-state index in [1.165, 1.54) is 18.2 Å². The van der Waals surface area contributed by atoms with Crippen molar-refractivity contribution in [3.05, 3.63) is 89.5 Å². The predicted molar refractivity (Wildman–Crippen MR) is 110 cm³/mol. The third-order valence-electron chi connectivity index (χ3n) is 4.29. The van der Waals surface area contributed by atoms with Crippen molar-refractivity contribution >= 4 is 29.0 Å². The first-order chi connectivity index (χ1) is 14.3. The average Bonchev–Trinajstić information content (AvgIpc) is 2.69. The number of benzene rings is 3. The van der Waals surface area contributed by atoms with Gasteiger partial charge in [-0.2, -0.15) is 13.2 Å². The minimum absolute atomic E-state index is 0.237. The van der Waals surface area contributed by atoms with E-state index in [9.17, 15) is 22.8 Å². The fraction of sp³-hybridized carbons (Fsp3) is 0.0909. The van der Waals surface area contributed by atoms with E-state index in [-0.39, 0.29) is 17.3 Å². The summed E-state index contributed by atoms with van der Waals surface area (Å²) >= 11 is 0. The molecular weight excluding hydrogens is 395 g/mol. The summed E-state index contributed by atoms with van der Waals surface area (Å²) in [5, 5.41) is 7.39. The van der Waals surface area contributed by atoms with Gasteiger partial charge in [-0.05, 0) is 42.8 Å². The summed E-state index contributed by atoms with van der Waals surface area (Å²) < 4.78 is 39.3. The van der Waals surface area contributed by atoms with E-state index < -0.39 is 17.8 Å². The topological polar surface area (TPSA) is 70.2 Å². The highest BCUT2D eigenvalue weighted by atomic mass is 19.4. The molecule has 0 saturated heterocycles. The predicted octanol–water partition coefficient (Wildman–Crippen LogP) is 5.91. The maximum atomic E-state index is 13.1. The minimum Gasteiger partial charge on any atom is -0.320 e. The smallest absolute Gasteiger partial charge is 0.320 e. The summed E-state index contributed by atoms with van der Waals surface area (Å²) in [5.41, 5.74) is 0.467. The fourth-order valence-electron chi connectivity index (χ4n) is 2.83. The standard InChI is InChI=1S/C22H18F3N3O2/c1-14-8-2-3-9-15(14)20(29)26-18-12-6-7-13-19(18)28-21(30)27-17-11-5-4-10-16(17)22(23,24)25/h2-13H,1H3,(H,26,29)(H2,27,28,30). The van der Waals surface area contributed by atoms with Crippen molar-refractivity contribution < 1.29 is 22.8 Å². The Kier molecular flexibility index (Phi) is 6.06. The van der Waals surface area contributed by atoms with Crippen molar-refractivity contribution in [1.82, 2.24) is 0 Å². The van der Waals surface area contributed by atoms with E-state index in [1.54, 1.807) is 43.3 Å². The van der Waals surface area contributed by atoms with Crippen LogP contribution < -0.4 is 16.0 Å². The van der Waals surface area contributed by atoms with Crippen molar-refractivity contribution in [2.75, 3.05) is 16.0 Å². The lowest BCUT2D eigenvalue weighted by Crippen LogP contribution is -2.23. The second-order valence-corrected chi connectivity index (χ2v) is 6.44. The number of halogens is 3. The first kappa shape index (κ1) is 20.9. The normalized spacial score (nSPS) is 10.9. The number of aryl methyl sites for hydroxylation is 1. The lowest BCUT2D eigenvalue weighted by atomic mass is 10.1. The number of nitrogens with one attached hydrogen (secondary N) is 3. The van der Waals surface area contributed by atoms with Crippen LogP contribution in [0.3, 0.4) is 0 Å². The monoisotopic (exact) mass is 413 g/mol. The van der Waals surface area contributed by atoms with Gasteiger partial charge in [0.15, 0.2) is 0 Å². The zero-order chi connectivity index (χ0) is 21.7. The van der Waals surface area contributed by atoms with Crippen LogP contribution in [0.1, 0.15) is 21.5 Å². The van der Waals surface area contributed by atoms with E-state index in [0.717, 1.165) is 17.7 Å². The summed E-state index contributed by atoms with van der Waals surface area (Å²) in [7, 11) is 0. The van der Waals surface area contributed by atoms with Gasteiger partial charge in [0.1, 0.15) is 0 Å². The molecule has 0 bridgehead atoms. The van der Waals surface area contributed by atoms with Crippen molar-refractivity contribution in [2.24, 2.45) is 0 Å². The Balaban J connectivity index is 1.77. The molecule has 0 unspecified atom stereocenters. The van der Waals surface area contributed by atoms with Crippen LogP contribution in [0.2, 0.25) is 0 Å². The number of alkyl halides is 3. The quantitative estimate of drug-likeness (QED) is 0.498. The molecule has 3 aromatic carbocycles. The number of carbonyl (C=O) groups is 2. The molecule has 5 nitrogen and oxygen atoms in total. The van der Waals surface area contributed by atoms with E-state index in [2.05, 4.69) is 16.0 Å². The molecular formula is C22H18F3N3O2. The van der Waals surface area contributed by atoms with Crippen LogP contribution in [0.15, 0.2) is 72.8 Å². The summed E-state index contributed by atoms with van der Waals surface area (Å²) in [6.45, 7) is 1.80. The summed E-state index contributed by atoms with van der Waals surface area (Å²) in [4.78, 5) is 24.9. The Morgan fingerprint density at radius 1 is 0.700 bits per heavy atom. The number of carbonyl (C=O) groups excluding carboxylic acids is 2. The van der Waals surface area contributed by atoms with Gasteiger partial charge in [-0.25, -0.2) is 4.79 Å². The molecule has 0 aliphatic heterocycles. The van der Waals surface area contributed by atoms with Crippen LogP contribution in [0.5, 0.6) is 0 Å². The molecule has 0 fully saturated rings. The maximum absolute atomic E-state index is 13.1. The molecule has 0 aliphatic carbocycles. The molecule has 0 saturated carbocycles. The molecule has 0 atom stereocenters. The number of amides is 3. The average molecular weight is 413 g/mol. The molecule has 0 spiro atoms. The van der Waals surface area contributed by atoms with Gasteiger partial charge in [-0.3, -0.25) is 4.79 Å². The summed E-state index contributed by atoms with van der Waals surface area (Å²) in [6.07, 6.45) is -4.61. The third-order valence-corrected chi connectivity index (χ3v) is 4.29. The number of urea groups is 1. The zero-order valence-electron chi connectivity index (χ0n) is 15.9. The van der Waals surface area contributed by atoms with E-state index in [1.807, 2.05) is 6.07 Å². The first-order valence-corrected chi connectivity index (χ1v) is 8.96. The molecule has 0 radical (unpaired) electrons. The molecule has 0 heterocycles. The van der Waals surface area contributed by atoms with Crippen molar-refractivity contribution in [3.63, 3.8) is 0 Å². The van der Waals surface area contributed by atoms with Gasteiger partial charge in [0.2, 0.25) is 0 Å². The number of anilines is 3. The molecule has 3 N–H and O–H groups in total. The lowest BCUT2D eigenvalue weighted by Gasteiger charge is -2.16. The minimum atomic E-state index is -4.61.